The molecule has 1 amide bonds. The molecule has 0 atom stereocenters. The molecule has 3 aromatic rings. The molecule has 13 heteroatoms. The molecule has 0 aliphatic heterocycles. The second kappa shape index (κ2) is 9.52. The van der Waals surface area contributed by atoms with Crippen molar-refractivity contribution < 1.29 is 27.6 Å². The molecule has 0 bridgehead atoms. The summed E-state index contributed by atoms with van der Waals surface area (Å²) < 4.78 is 46.6. The summed E-state index contributed by atoms with van der Waals surface area (Å²) in [5.74, 6) is -2.10. The normalized spacial score (nSPS) is 12.2. The first-order valence-electron chi connectivity index (χ1n) is 9.44. The van der Waals surface area contributed by atoms with Gasteiger partial charge in [-0.3, -0.25) is 24.5 Å². The quantitative estimate of drug-likeness (QED) is 0.251. The van der Waals surface area contributed by atoms with E-state index in [2.05, 4.69) is 26.9 Å². The van der Waals surface area contributed by atoms with Crippen LogP contribution in [0.15, 0.2) is 59.0 Å². The number of nitro benzene ring substituents is 1. The Morgan fingerprint density at radius 3 is 2.65 bits per heavy atom. The second-order valence-corrected chi connectivity index (χ2v) is 6.67. The number of nitro groups is 1. The molecule has 2 aromatic carbocycles. The van der Waals surface area contributed by atoms with Crippen LogP contribution in [0, 0.1) is 10.1 Å². The third-order valence-electron chi connectivity index (χ3n) is 4.51. The van der Waals surface area contributed by atoms with Gasteiger partial charge in [-0.1, -0.05) is 12.6 Å². The predicted octanol–water partition coefficient (Wildman–Crippen LogP) is 3.93. The molecular formula is C21H17F3N6O4. The summed E-state index contributed by atoms with van der Waals surface area (Å²) in [4.78, 5) is 34.0. The smallest absolute Gasteiger partial charge is 0.450 e. The number of hydrogen-bond donors (Lipinski definition) is 1. The number of amides is 1. The maximum absolute atomic E-state index is 13.6. The van der Waals surface area contributed by atoms with E-state index >= 15 is 0 Å². The Morgan fingerprint density at radius 2 is 2.03 bits per heavy atom. The van der Waals surface area contributed by atoms with Gasteiger partial charge in [0.2, 0.25) is 5.82 Å². The van der Waals surface area contributed by atoms with Gasteiger partial charge in [-0.2, -0.15) is 13.2 Å². The van der Waals surface area contributed by atoms with Gasteiger partial charge in [0.25, 0.3) is 11.6 Å². The predicted molar refractivity (Wildman–Crippen MR) is 119 cm³/mol. The van der Waals surface area contributed by atoms with Crippen LogP contribution < -0.4 is 10.1 Å². The third kappa shape index (κ3) is 5.09. The summed E-state index contributed by atoms with van der Waals surface area (Å²) in [6.45, 7) is 3.59. The van der Waals surface area contributed by atoms with E-state index in [9.17, 15) is 28.1 Å². The number of alkyl halides is 3. The minimum Gasteiger partial charge on any atom is -0.497 e. The van der Waals surface area contributed by atoms with Crippen molar-refractivity contribution in [2.75, 3.05) is 14.2 Å². The first-order valence-corrected chi connectivity index (χ1v) is 9.44. The van der Waals surface area contributed by atoms with E-state index in [1.165, 1.54) is 50.6 Å². The van der Waals surface area contributed by atoms with Crippen molar-refractivity contribution in [3.63, 3.8) is 0 Å². The minimum absolute atomic E-state index is 0.0171. The Morgan fingerprint density at radius 1 is 1.29 bits per heavy atom. The first-order chi connectivity index (χ1) is 16.0. The van der Waals surface area contributed by atoms with E-state index < -0.39 is 22.8 Å². The lowest BCUT2D eigenvalue weighted by molar-refractivity contribution is -0.384. The van der Waals surface area contributed by atoms with E-state index in [0.717, 1.165) is 16.8 Å². The van der Waals surface area contributed by atoms with Gasteiger partial charge in [0, 0.05) is 30.8 Å². The van der Waals surface area contributed by atoms with Crippen molar-refractivity contribution in [1.29, 1.82) is 0 Å². The maximum Gasteiger partial charge on any atom is 0.450 e. The topological polar surface area (TPSA) is 124 Å². The molecule has 0 unspecified atom stereocenters. The average molecular weight is 474 g/mol. The van der Waals surface area contributed by atoms with Gasteiger partial charge in [0.05, 0.1) is 29.3 Å². The molecule has 1 aromatic heterocycles. The number of ether oxygens (including phenoxy) is 1. The number of non-ortho nitro benzene ring substituents is 1. The van der Waals surface area contributed by atoms with Gasteiger partial charge in [-0.25, -0.2) is 9.98 Å². The van der Waals surface area contributed by atoms with Crippen LogP contribution in [0.25, 0.3) is 16.9 Å². The minimum atomic E-state index is -4.80. The zero-order valence-electron chi connectivity index (χ0n) is 17.8. The molecule has 10 nitrogen and oxygen atoms in total. The molecule has 0 aliphatic rings. The Hall–Kier alpha value is -4.55. The number of aliphatic imine (C=N–C) groups is 2. The number of imidazole rings is 1. The summed E-state index contributed by atoms with van der Waals surface area (Å²) >= 11 is 0. The lowest BCUT2D eigenvalue weighted by Crippen LogP contribution is -2.31. The largest absolute Gasteiger partial charge is 0.497 e. The highest BCUT2D eigenvalue weighted by atomic mass is 19.4. The van der Waals surface area contributed by atoms with Crippen LogP contribution in [0.5, 0.6) is 5.75 Å². The third-order valence-corrected chi connectivity index (χ3v) is 4.51. The fourth-order valence-electron chi connectivity index (χ4n) is 2.93. The number of aromatic nitrogens is 2. The average Bonchev–Trinajstić information content (AvgIpc) is 3.20. The Kier molecular flexibility index (Phi) is 6.75. The van der Waals surface area contributed by atoms with Crippen LogP contribution in [0.2, 0.25) is 0 Å². The van der Waals surface area contributed by atoms with Gasteiger partial charge >= 0.3 is 6.18 Å². The first kappa shape index (κ1) is 24.1. The molecule has 0 fully saturated rings. The standard InChI is InChI=1S/C21H17F3N6O4/c1-12(29-17-8-7-15(34-3)10-16(17)27-20(29)21(22,23)24)26-11-18(25-2)28-19(31)13-5-4-6-14(9-13)30(32)33/h4-11H,1H2,2-3H3,(H,25,28,31). The number of halogens is 3. The van der Waals surface area contributed by atoms with Gasteiger partial charge < -0.3 is 10.1 Å². The summed E-state index contributed by atoms with van der Waals surface area (Å²) in [5, 5.41) is 13.3. The molecule has 0 radical (unpaired) electrons. The fraction of sp³-hybridized carbons (Fsp3) is 0.143. The molecule has 0 saturated heterocycles. The highest BCUT2D eigenvalue weighted by Crippen LogP contribution is 2.34. The summed E-state index contributed by atoms with van der Waals surface area (Å²) in [6, 6.07) is 9.18. The summed E-state index contributed by atoms with van der Waals surface area (Å²) in [5.41, 5.74) is -0.193. The van der Waals surface area contributed by atoms with Gasteiger partial charge in [-0.05, 0) is 18.2 Å². The SMILES string of the molecule is C=C(N=CC(=NC)NC(=O)c1cccc([N+](=O)[O-])c1)n1c(C(F)(F)F)nc2cc(OC)ccc21. The van der Waals surface area contributed by atoms with Crippen molar-refractivity contribution in [2.45, 2.75) is 6.18 Å². The molecule has 176 valence electrons. The van der Waals surface area contributed by atoms with Crippen molar-refractivity contribution in [3.8, 4) is 5.75 Å². The summed E-state index contributed by atoms with van der Waals surface area (Å²) in [7, 11) is 2.69. The van der Waals surface area contributed by atoms with Crippen LogP contribution in [-0.2, 0) is 6.18 Å². The highest BCUT2D eigenvalue weighted by molar-refractivity contribution is 6.34. The molecule has 1 heterocycles. The number of carbonyl (C=O) groups excluding carboxylic acids is 1. The molecule has 3 rings (SSSR count). The van der Waals surface area contributed by atoms with Gasteiger partial charge in [-0.15, -0.1) is 0 Å². The number of fused-ring (bicyclic) bond motifs is 1. The van der Waals surface area contributed by atoms with Crippen LogP contribution >= 0.6 is 0 Å². The lowest BCUT2D eigenvalue weighted by atomic mass is 10.2. The highest BCUT2D eigenvalue weighted by Gasteiger charge is 2.38. The van der Waals surface area contributed by atoms with E-state index in [1.807, 2.05) is 0 Å². The number of benzene rings is 2. The van der Waals surface area contributed by atoms with Gasteiger partial charge in [0.15, 0.2) is 0 Å². The van der Waals surface area contributed by atoms with Crippen LogP contribution in [0.1, 0.15) is 16.2 Å². The fourth-order valence-corrected chi connectivity index (χ4v) is 2.93. The van der Waals surface area contributed by atoms with Crippen LogP contribution in [0.4, 0.5) is 18.9 Å². The number of rotatable bonds is 6. The van der Waals surface area contributed by atoms with Crippen molar-refractivity contribution >= 4 is 40.5 Å². The van der Waals surface area contributed by atoms with Crippen molar-refractivity contribution in [2.24, 2.45) is 9.98 Å². The number of amidine groups is 1. The molecule has 0 saturated carbocycles. The molecule has 0 aliphatic carbocycles. The Bertz CT molecular complexity index is 1340. The van der Waals surface area contributed by atoms with E-state index in [-0.39, 0.29) is 33.9 Å². The van der Waals surface area contributed by atoms with Crippen LogP contribution in [0.3, 0.4) is 0 Å². The molecular weight excluding hydrogens is 457 g/mol. The Labute approximate surface area is 190 Å². The number of nitrogens with one attached hydrogen (secondary N) is 1. The second-order valence-electron chi connectivity index (χ2n) is 6.67. The molecule has 0 spiro atoms. The zero-order chi connectivity index (χ0) is 25.0. The monoisotopic (exact) mass is 474 g/mol. The van der Waals surface area contributed by atoms with Crippen molar-refractivity contribution in [1.82, 2.24) is 14.9 Å². The number of carbonyl (C=O) groups is 1. The van der Waals surface area contributed by atoms with E-state index in [4.69, 9.17) is 4.74 Å². The zero-order valence-corrected chi connectivity index (χ0v) is 17.8. The van der Waals surface area contributed by atoms with E-state index in [0.29, 0.717) is 5.75 Å². The number of hydrogen-bond acceptors (Lipinski definition) is 7. The van der Waals surface area contributed by atoms with Crippen LogP contribution in [-0.4, -0.2) is 46.6 Å². The van der Waals surface area contributed by atoms with E-state index in [1.54, 1.807) is 0 Å². The van der Waals surface area contributed by atoms with Gasteiger partial charge in [0.1, 0.15) is 17.4 Å². The lowest BCUT2D eigenvalue weighted by Gasteiger charge is -2.11. The number of nitrogens with zero attached hydrogens (tertiary/aromatic N) is 5. The molecule has 34 heavy (non-hydrogen) atoms. The Balaban J connectivity index is 1.89. The molecule has 1 N–H and O–H groups in total. The van der Waals surface area contributed by atoms with Crippen molar-refractivity contribution in [3.05, 3.63) is 70.5 Å². The summed E-state index contributed by atoms with van der Waals surface area (Å²) in [6.07, 6.45) is -3.80. The maximum atomic E-state index is 13.6. The number of methoxy groups -OCH3 is 1.